The molecule has 2 aliphatic rings. The Morgan fingerprint density at radius 2 is 1.56 bits per heavy atom. The summed E-state index contributed by atoms with van der Waals surface area (Å²) in [5.74, 6) is -1.47. The number of aliphatic hydroxyl groups excluding tert-OH is 1. The molecule has 1 aromatic heterocycles. The molecule has 0 saturated heterocycles. The number of carbonyl (C=O) groups is 2. The largest absolute Gasteiger partial charge is 0.506 e. The first-order valence-corrected chi connectivity index (χ1v) is 13.2. The summed E-state index contributed by atoms with van der Waals surface area (Å²) >= 11 is 2.81. The minimum Gasteiger partial charge on any atom is -0.506 e. The molecular weight excluding hydrogens is 440 g/mol. The van der Waals surface area contributed by atoms with Crippen molar-refractivity contribution < 1.29 is 14.7 Å². The van der Waals surface area contributed by atoms with Crippen LogP contribution in [0.5, 0.6) is 0 Å². The van der Waals surface area contributed by atoms with Crippen molar-refractivity contribution in [3.8, 4) is 0 Å². The van der Waals surface area contributed by atoms with Crippen LogP contribution in [0.25, 0.3) is 5.57 Å². The third-order valence-corrected chi connectivity index (χ3v) is 7.66. The number of ketones is 2. The van der Waals surface area contributed by atoms with Gasteiger partial charge in [0.05, 0.1) is 21.2 Å². The lowest BCUT2D eigenvalue weighted by molar-refractivity contribution is -0.130. The van der Waals surface area contributed by atoms with E-state index in [0.717, 1.165) is 68.2 Å². The fourth-order valence-corrected chi connectivity index (χ4v) is 5.63. The molecular formula is C25H32N2O3S2. The molecule has 7 heteroatoms. The fourth-order valence-electron chi connectivity index (χ4n) is 3.58. The summed E-state index contributed by atoms with van der Waals surface area (Å²) in [5.41, 5.74) is 0.237. The molecule has 0 radical (unpaired) electrons. The van der Waals surface area contributed by atoms with E-state index < -0.39 is 11.6 Å². The Labute approximate surface area is 199 Å². The molecule has 1 aromatic rings. The first kappa shape index (κ1) is 24.5. The van der Waals surface area contributed by atoms with Gasteiger partial charge in [0.25, 0.3) is 0 Å². The van der Waals surface area contributed by atoms with Crippen molar-refractivity contribution in [2.45, 2.75) is 59.3 Å². The number of Topliss-reactive ketones (excluding diaryl/α,β-unsaturated/α-hetero) is 2. The summed E-state index contributed by atoms with van der Waals surface area (Å²) in [5, 5.41) is 12.8. The molecule has 172 valence electrons. The number of hydrogen-bond acceptors (Lipinski definition) is 7. The minimum atomic E-state index is -0.636. The van der Waals surface area contributed by atoms with E-state index in [1.54, 1.807) is 6.08 Å². The first-order valence-electron chi connectivity index (χ1n) is 11.5. The number of hydrogen-bond donors (Lipinski definition) is 1. The normalized spacial score (nSPS) is 19.8. The average Bonchev–Trinajstić information content (AvgIpc) is 3.49. The summed E-state index contributed by atoms with van der Waals surface area (Å²) < 4.78 is 0. The lowest BCUT2D eigenvalue weighted by Gasteiger charge is -2.22. The SMILES string of the molecule is CCCCN=C1C=C/C(=C2\C(=O)C(=O)C(c3ccc(N(CCCC)CCCC)s3)=C2O)S1. The molecule has 1 aliphatic carbocycles. The van der Waals surface area contributed by atoms with E-state index in [2.05, 4.69) is 30.7 Å². The summed E-state index contributed by atoms with van der Waals surface area (Å²) in [4.78, 5) is 33.7. The Morgan fingerprint density at radius 1 is 0.906 bits per heavy atom. The second kappa shape index (κ2) is 11.7. The number of nitrogens with zero attached hydrogens (tertiary/aromatic N) is 2. The van der Waals surface area contributed by atoms with Crippen LogP contribution >= 0.6 is 23.1 Å². The molecule has 0 aromatic carbocycles. The number of aliphatic hydroxyl groups is 1. The topological polar surface area (TPSA) is 70.0 Å². The van der Waals surface area contributed by atoms with Crippen LogP contribution < -0.4 is 4.90 Å². The summed E-state index contributed by atoms with van der Waals surface area (Å²) in [6, 6.07) is 3.85. The van der Waals surface area contributed by atoms with E-state index in [0.29, 0.717) is 9.78 Å². The lowest BCUT2D eigenvalue weighted by Crippen LogP contribution is -2.24. The van der Waals surface area contributed by atoms with Crippen molar-refractivity contribution in [2.75, 3.05) is 24.5 Å². The van der Waals surface area contributed by atoms with Crippen molar-refractivity contribution >= 4 is 50.3 Å². The van der Waals surface area contributed by atoms with Crippen LogP contribution in [0.15, 0.2) is 45.5 Å². The van der Waals surface area contributed by atoms with E-state index in [1.165, 1.54) is 23.1 Å². The Morgan fingerprint density at radius 3 is 2.22 bits per heavy atom. The van der Waals surface area contributed by atoms with Gasteiger partial charge in [-0.3, -0.25) is 14.6 Å². The molecule has 0 saturated carbocycles. The molecule has 32 heavy (non-hydrogen) atoms. The second-order valence-electron chi connectivity index (χ2n) is 7.96. The van der Waals surface area contributed by atoms with Gasteiger partial charge in [-0.05, 0) is 43.5 Å². The van der Waals surface area contributed by atoms with Gasteiger partial charge in [0.2, 0.25) is 11.6 Å². The van der Waals surface area contributed by atoms with Crippen molar-refractivity contribution in [1.29, 1.82) is 0 Å². The van der Waals surface area contributed by atoms with Crippen LogP contribution in [0, 0.1) is 0 Å². The smallest absolute Gasteiger partial charge is 0.238 e. The van der Waals surface area contributed by atoms with Crippen molar-refractivity contribution in [2.24, 2.45) is 4.99 Å². The highest BCUT2D eigenvalue weighted by molar-refractivity contribution is 8.18. The van der Waals surface area contributed by atoms with Crippen LogP contribution in [0.1, 0.15) is 64.2 Å². The highest BCUT2D eigenvalue weighted by Gasteiger charge is 2.40. The highest BCUT2D eigenvalue weighted by atomic mass is 32.2. The van der Waals surface area contributed by atoms with Crippen LogP contribution in [0.3, 0.4) is 0 Å². The molecule has 3 rings (SSSR count). The maximum atomic E-state index is 12.8. The fraction of sp³-hybridized carbons (Fsp3) is 0.480. The van der Waals surface area contributed by atoms with Gasteiger partial charge in [0.15, 0.2) is 0 Å². The maximum Gasteiger partial charge on any atom is 0.238 e. The molecule has 0 spiro atoms. The van der Waals surface area contributed by atoms with Gasteiger partial charge < -0.3 is 10.0 Å². The zero-order valence-electron chi connectivity index (χ0n) is 19.1. The van der Waals surface area contributed by atoms with Gasteiger partial charge in [-0.15, -0.1) is 11.3 Å². The van der Waals surface area contributed by atoms with Gasteiger partial charge in [-0.25, -0.2) is 0 Å². The zero-order chi connectivity index (χ0) is 23.1. The van der Waals surface area contributed by atoms with Crippen LogP contribution in [0.4, 0.5) is 5.00 Å². The standard InChI is InChI=1S/C25H32N2O3S2/c1-4-7-14-26-19-12-10-17(31-19)21-23(28)22(25(30)24(21)29)18-11-13-20(32-18)27(15-8-5-2)16-9-6-3/h10-13,28H,4-9,14-16H2,1-3H3/b21-17+,26-19?. The summed E-state index contributed by atoms with van der Waals surface area (Å²) in [6.07, 6.45) is 10.1. The average molecular weight is 473 g/mol. The number of carbonyl (C=O) groups excluding carboxylic acids is 2. The number of aliphatic imine (C=N–C) groups is 1. The van der Waals surface area contributed by atoms with Gasteiger partial charge >= 0.3 is 0 Å². The molecule has 0 bridgehead atoms. The minimum absolute atomic E-state index is 0.107. The van der Waals surface area contributed by atoms with Crippen LogP contribution in [-0.2, 0) is 9.59 Å². The third kappa shape index (κ3) is 5.44. The van der Waals surface area contributed by atoms with E-state index in [9.17, 15) is 14.7 Å². The Hall–Kier alpha value is -2.12. The van der Waals surface area contributed by atoms with E-state index >= 15 is 0 Å². The Balaban J connectivity index is 1.88. The molecule has 2 heterocycles. The third-order valence-electron chi connectivity index (χ3n) is 5.46. The number of anilines is 1. The highest BCUT2D eigenvalue weighted by Crippen LogP contribution is 2.42. The van der Waals surface area contributed by atoms with Crippen molar-refractivity contribution in [1.82, 2.24) is 0 Å². The van der Waals surface area contributed by atoms with Crippen LogP contribution in [-0.4, -0.2) is 41.4 Å². The first-order chi connectivity index (χ1) is 15.5. The molecule has 5 nitrogen and oxygen atoms in total. The van der Waals surface area contributed by atoms with E-state index in [1.807, 2.05) is 18.2 Å². The summed E-state index contributed by atoms with van der Waals surface area (Å²) in [7, 11) is 0. The van der Waals surface area contributed by atoms with E-state index in [-0.39, 0.29) is 16.9 Å². The number of thioether (sulfide) groups is 1. The molecule has 1 aliphatic heterocycles. The number of thiophene rings is 1. The molecule has 0 fully saturated rings. The molecule has 1 N–H and O–H groups in total. The van der Waals surface area contributed by atoms with Crippen LogP contribution in [0.2, 0.25) is 0 Å². The molecule has 0 unspecified atom stereocenters. The number of unbranched alkanes of at least 4 members (excludes halogenated alkanes) is 3. The Kier molecular flexibility index (Phi) is 8.93. The second-order valence-corrected chi connectivity index (χ2v) is 10.1. The quantitative estimate of drug-likeness (QED) is 0.231. The van der Waals surface area contributed by atoms with Crippen molar-refractivity contribution in [3.05, 3.63) is 45.4 Å². The molecule has 0 atom stereocenters. The van der Waals surface area contributed by atoms with Gasteiger partial charge in [-0.2, -0.15) is 0 Å². The number of rotatable bonds is 11. The monoisotopic (exact) mass is 472 g/mol. The van der Waals surface area contributed by atoms with Gasteiger partial charge in [-0.1, -0.05) is 51.8 Å². The molecule has 0 amide bonds. The number of allylic oxidation sites excluding steroid dienone is 3. The predicted molar refractivity (Wildman–Crippen MR) is 137 cm³/mol. The Bertz CT molecular complexity index is 977. The van der Waals surface area contributed by atoms with Crippen molar-refractivity contribution in [3.63, 3.8) is 0 Å². The van der Waals surface area contributed by atoms with E-state index in [4.69, 9.17) is 0 Å². The van der Waals surface area contributed by atoms with Gasteiger partial charge in [0, 0.05) is 29.4 Å². The summed E-state index contributed by atoms with van der Waals surface area (Å²) in [6.45, 7) is 9.12. The maximum absolute atomic E-state index is 12.8. The predicted octanol–water partition coefficient (Wildman–Crippen LogP) is 6.33. The van der Waals surface area contributed by atoms with Gasteiger partial charge in [0.1, 0.15) is 5.76 Å². The lowest BCUT2D eigenvalue weighted by atomic mass is 10.1. The zero-order valence-corrected chi connectivity index (χ0v) is 20.8.